The molecular weight excluding hydrogens is 410 g/mol. The van der Waals surface area contributed by atoms with Gasteiger partial charge in [0.1, 0.15) is 16.9 Å². The molecule has 0 aliphatic carbocycles. The molecule has 1 saturated heterocycles. The van der Waals surface area contributed by atoms with E-state index in [0.29, 0.717) is 16.7 Å². The zero-order chi connectivity index (χ0) is 21.8. The maximum Gasteiger partial charge on any atom is 0.339 e. The van der Waals surface area contributed by atoms with Gasteiger partial charge in [-0.05, 0) is 44.4 Å². The fourth-order valence-corrected chi connectivity index (χ4v) is 5.74. The van der Waals surface area contributed by atoms with Crippen LogP contribution in [0.1, 0.15) is 28.9 Å². The molecule has 1 aliphatic heterocycles. The first-order valence-corrected chi connectivity index (χ1v) is 11.5. The molecule has 8 nitrogen and oxygen atoms in total. The summed E-state index contributed by atoms with van der Waals surface area (Å²) in [5.74, 6) is -0.261. The minimum absolute atomic E-state index is 0.0214. The number of aryl methyl sites for hydroxylation is 3. The summed E-state index contributed by atoms with van der Waals surface area (Å²) >= 11 is 0. The summed E-state index contributed by atoms with van der Waals surface area (Å²) in [7, 11) is -3.35. The number of rotatable bonds is 4. The summed E-state index contributed by atoms with van der Waals surface area (Å²) in [5, 5.41) is 14.1. The highest BCUT2D eigenvalue weighted by Crippen LogP contribution is 2.31. The number of carbonyl (C=O) groups is 1. The van der Waals surface area contributed by atoms with Crippen LogP contribution in [0.4, 0.5) is 0 Å². The van der Waals surface area contributed by atoms with Gasteiger partial charge in [-0.25, -0.2) is 13.2 Å². The largest absolute Gasteiger partial charge is 0.461 e. The number of amides is 1. The van der Waals surface area contributed by atoms with E-state index in [1.54, 1.807) is 6.07 Å². The molecule has 3 heterocycles. The van der Waals surface area contributed by atoms with E-state index in [1.807, 2.05) is 26.8 Å². The van der Waals surface area contributed by atoms with Crippen LogP contribution in [0.15, 0.2) is 25.8 Å². The Morgan fingerprint density at radius 2 is 1.77 bits per heavy atom. The lowest BCUT2D eigenvalue weighted by molar-refractivity contribution is -0.122. The first-order valence-electron chi connectivity index (χ1n) is 9.69. The van der Waals surface area contributed by atoms with Gasteiger partial charge in [-0.15, -0.1) is 0 Å². The van der Waals surface area contributed by atoms with Gasteiger partial charge in [0, 0.05) is 28.8 Å². The van der Waals surface area contributed by atoms with E-state index in [2.05, 4.69) is 5.32 Å². The molecule has 9 heteroatoms. The molecule has 3 aromatic rings. The lowest BCUT2D eigenvalue weighted by atomic mass is 10.00. The maximum absolute atomic E-state index is 12.5. The Kier molecular flexibility index (Phi) is 4.98. The first kappa shape index (κ1) is 20.6. The molecule has 0 spiro atoms. The summed E-state index contributed by atoms with van der Waals surface area (Å²) in [4.78, 5) is 24.8. The number of sulfone groups is 1. The van der Waals surface area contributed by atoms with Gasteiger partial charge in [-0.2, -0.15) is 0 Å². The van der Waals surface area contributed by atoms with Gasteiger partial charge in [0.25, 0.3) is 0 Å². The Labute approximate surface area is 172 Å². The highest BCUT2D eigenvalue weighted by Gasteiger charge is 2.37. The van der Waals surface area contributed by atoms with E-state index in [9.17, 15) is 23.1 Å². The van der Waals surface area contributed by atoms with Gasteiger partial charge in [0.05, 0.1) is 23.7 Å². The van der Waals surface area contributed by atoms with Crippen molar-refractivity contribution >= 4 is 37.7 Å². The molecular formula is C21H23NO7S. The van der Waals surface area contributed by atoms with Crippen molar-refractivity contribution in [2.75, 3.05) is 11.5 Å². The predicted octanol–water partition coefficient (Wildman–Crippen LogP) is 1.67. The summed E-state index contributed by atoms with van der Waals surface area (Å²) in [6.07, 6.45) is -0.991. The highest BCUT2D eigenvalue weighted by molar-refractivity contribution is 7.91. The fourth-order valence-electron chi connectivity index (χ4n) is 4.00. The van der Waals surface area contributed by atoms with Gasteiger partial charge >= 0.3 is 5.63 Å². The summed E-state index contributed by atoms with van der Waals surface area (Å²) in [6, 6.07) is 2.81. The number of hydrogen-bond acceptors (Lipinski definition) is 7. The number of hydrogen-bond donors (Lipinski definition) is 2. The molecule has 0 unspecified atom stereocenters. The van der Waals surface area contributed by atoms with Crippen molar-refractivity contribution in [2.45, 2.75) is 45.8 Å². The van der Waals surface area contributed by atoms with Crippen LogP contribution in [0.3, 0.4) is 0 Å². The molecule has 1 aromatic carbocycles. The van der Waals surface area contributed by atoms with Crippen molar-refractivity contribution in [3.63, 3.8) is 0 Å². The molecule has 1 amide bonds. The van der Waals surface area contributed by atoms with Crippen molar-refractivity contribution in [2.24, 2.45) is 0 Å². The zero-order valence-electron chi connectivity index (χ0n) is 16.9. The van der Waals surface area contributed by atoms with E-state index in [-0.39, 0.29) is 24.3 Å². The van der Waals surface area contributed by atoms with Crippen molar-refractivity contribution in [3.05, 3.63) is 45.0 Å². The monoisotopic (exact) mass is 433 g/mol. The summed E-state index contributed by atoms with van der Waals surface area (Å²) in [6.45, 7) is 5.65. The smallest absolute Gasteiger partial charge is 0.339 e. The lowest BCUT2D eigenvalue weighted by Crippen LogP contribution is -2.42. The number of furan rings is 1. The number of aliphatic hydroxyl groups excluding tert-OH is 1. The van der Waals surface area contributed by atoms with E-state index in [4.69, 9.17) is 8.83 Å². The third-order valence-electron chi connectivity index (χ3n) is 5.85. The molecule has 1 aliphatic rings. The average Bonchev–Trinajstić information content (AvgIpc) is 3.07. The van der Waals surface area contributed by atoms with Gasteiger partial charge in [-0.1, -0.05) is 0 Å². The first-order chi connectivity index (χ1) is 14.1. The third kappa shape index (κ3) is 3.63. The van der Waals surface area contributed by atoms with Gasteiger partial charge in [0.15, 0.2) is 9.84 Å². The Morgan fingerprint density at radius 3 is 2.43 bits per heavy atom. The molecule has 2 atom stereocenters. The normalized spacial score (nSPS) is 20.8. The van der Waals surface area contributed by atoms with Crippen molar-refractivity contribution in [3.8, 4) is 0 Å². The van der Waals surface area contributed by atoms with Crippen LogP contribution < -0.4 is 10.9 Å². The number of fused-ring (bicyclic) bond motifs is 2. The SMILES string of the molecule is Cc1oc2cc3oc(=O)c(CCC(=O)N[C@H]4CS(=O)(=O)C[C@@H]4O)c(C)c3cc2c1C. The average molecular weight is 433 g/mol. The predicted molar refractivity (Wildman–Crippen MR) is 111 cm³/mol. The minimum Gasteiger partial charge on any atom is -0.461 e. The number of aliphatic hydroxyl groups is 1. The van der Waals surface area contributed by atoms with Crippen LogP contribution in [-0.2, 0) is 21.1 Å². The van der Waals surface area contributed by atoms with Crippen LogP contribution >= 0.6 is 0 Å². The Balaban J connectivity index is 1.58. The second kappa shape index (κ2) is 7.24. The van der Waals surface area contributed by atoms with Crippen LogP contribution in [0.25, 0.3) is 21.9 Å². The molecule has 0 radical (unpaired) electrons. The molecule has 30 heavy (non-hydrogen) atoms. The van der Waals surface area contributed by atoms with Gasteiger partial charge < -0.3 is 19.3 Å². The second-order valence-electron chi connectivity index (χ2n) is 7.94. The van der Waals surface area contributed by atoms with Crippen molar-refractivity contribution in [1.82, 2.24) is 5.32 Å². The summed E-state index contributed by atoms with van der Waals surface area (Å²) < 4.78 is 34.3. The molecule has 2 N–H and O–H groups in total. The summed E-state index contributed by atoms with van der Waals surface area (Å²) in [5.41, 5.74) is 2.70. The number of nitrogens with one attached hydrogen (secondary N) is 1. The van der Waals surface area contributed by atoms with Crippen LogP contribution in [0, 0.1) is 20.8 Å². The van der Waals surface area contributed by atoms with Gasteiger partial charge in [-0.3, -0.25) is 4.79 Å². The maximum atomic E-state index is 12.5. The van der Waals surface area contributed by atoms with E-state index >= 15 is 0 Å². The second-order valence-corrected chi connectivity index (χ2v) is 10.1. The lowest BCUT2D eigenvalue weighted by Gasteiger charge is -2.15. The molecule has 0 saturated carbocycles. The molecule has 0 bridgehead atoms. The standard InChI is InChI=1S/C21H23NO7S/c1-10-12(3)28-18-7-19-15(6-14(10)18)11(2)13(21(25)29-19)4-5-20(24)22-16-8-30(26,27)9-17(16)23/h6-7,16-17,23H,4-5,8-9H2,1-3H3,(H,22,24)/t16-,17-/m0/s1. The Hall–Kier alpha value is -2.65. The topological polar surface area (TPSA) is 127 Å². The van der Waals surface area contributed by atoms with E-state index < -0.39 is 33.5 Å². The quantitative estimate of drug-likeness (QED) is 0.599. The number of carbonyl (C=O) groups excluding carboxylic acids is 1. The molecule has 4 rings (SSSR count). The van der Waals surface area contributed by atoms with Crippen LogP contribution in [0.2, 0.25) is 0 Å². The van der Waals surface area contributed by atoms with Crippen LogP contribution in [-0.4, -0.2) is 43.1 Å². The van der Waals surface area contributed by atoms with Gasteiger partial charge in [0.2, 0.25) is 5.91 Å². The molecule has 1 fully saturated rings. The zero-order valence-corrected chi connectivity index (χ0v) is 17.8. The minimum atomic E-state index is -3.35. The highest BCUT2D eigenvalue weighted by atomic mass is 32.2. The molecule has 160 valence electrons. The van der Waals surface area contributed by atoms with E-state index in [0.717, 1.165) is 27.7 Å². The Morgan fingerprint density at radius 1 is 1.10 bits per heavy atom. The van der Waals surface area contributed by atoms with Crippen LogP contribution in [0.5, 0.6) is 0 Å². The Bertz CT molecular complexity index is 1330. The van der Waals surface area contributed by atoms with E-state index in [1.165, 1.54) is 0 Å². The number of benzene rings is 1. The van der Waals surface area contributed by atoms with Crippen molar-refractivity contribution < 1.29 is 27.2 Å². The van der Waals surface area contributed by atoms with Crippen molar-refractivity contribution in [1.29, 1.82) is 0 Å². The fraction of sp³-hybridized carbons (Fsp3) is 0.429. The third-order valence-corrected chi connectivity index (χ3v) is 7.57. The molecule has 2 aromatic heterocycles.